The monoisotopic (exact) mass is 360 g/mol. The molecule has 1 aromatic heterocycles. The molecule has 1 amide bonds. The van der Waals surface area contributed by atoms with E-state index in [1.54, 1.807) is 6.07 Å². The number of anilines is 3. The van der Waals surface area contributed by atoms with Crippen LogP contribution in [0.15, 0.2) is 54.6 Å². The lowest BCUT2D eigenvalue weighted by Gasteiger charge is -2.10. The zero-order valence-electron chi connectivity index (χ0n) is 16.1. The number of nitrogens with zero attached hydrogens (tertiary/aromatic N) is 2. The van der Waals surface area contributed by atoms with Crippen molar-refractivity contribution < 1.29 is 4.79 Å². The number of aryl methyl sites for hydroxylation is 2. The van der Waals surface area contributed by atoms with Crippen molar-refractivity contribution in [3.8, 4) is 0 Å². The second-order valence-electron chi connectivity index (χ2n) is 6.94. The molecule has 138 valence electrons. The van der Waals surface area contributed by atoms with Crippen LogP contribution in [0, 0.1) is 13.8 Å². The third kappa shape index (κ3) is 4.91. The number of hydrogen-bond donors (Lipinski definition) is 2. The zero-order chi connectivity index (χ0) is 19.4. The second-order valence-corrected chi connectivity index (χ2v) is 6.94. The van der Waals surface area contributed by atoms with Crippen molar-refractivity contribution in [1.82, 2.24) is 9.97 Å². The molecule has 5 nitrogen and oxygen atoms in total. The summed E-state index contributed by atoms with van der Waals surface area (Å²) in [4.78, 5) is 21.4. The summed E-state index contributed by atoms with van der Waals surface area (Å²) >= 11 is 0. The number of hydrogen-bond acceptors (Lipinski definition) is 4. The summed E-state index contributed by atoms with van der Waals surface area (Å²) in [7, 11) is 0. The molecular weight excluding hydrogens is 336 g/mol. The van der Waals surface area contributed by atoms with E-state index in [9.17, 15) is 4.79 Å². The molecule has 0 saturated carbocycles. The van der Waals surface area contributed by atoms with Gasteiger partial charge in [-0.1, -0.05) is 38.1 Å². The fraction of sp³-hybridized carbons (Fsp3) is 0.227. The summed E-state index contributed by atoms with van der Waals surface area (Å²) < 4.78 is 0. The Labute approximate surface area is 159 Å². The SMILES string of the molecule is Cc1cccc(Nc2nc(C)cc(C(=O)Nc3ccc(C(C)C)cc3)n2)c1. The third-order valence-electron chi connectivity index (χ3n) is 4.20. The highest BCUT2D eigenvalue weighted by Gasteiger charge is 2.12. The molecule has 5 heteroatoms. The van der Waals surface area contributed by atoms with E-state index in [4.69, 9.17) is 0 Å². The number of nitrogens with one attached hydrogen (secondary N) is 2. The van der Waals surface area contributed by atoms with Crippen LogP contribution < -0.4 is 10.6 Å². The van der Waals surface area contributed by atoms with Crippen molar-refractivity contribution in [3.05, 3.63) is 77.1 Å². The quantitative estimate of drug-likeness (QED) is 0.655. The van der Waals surface area contributed by atoms with Gasteiger partial charge in [0.2, 0.25) is 5.95 Å². The number of carbonyl (C=O) groups is 1. The Hall–Kier alpha value is -3.21. The van der Waals surface area contributed by atoms with E-state index in [-0.39, 0.29) is 5.91 Å². The van der Waals surface area contributed by atoms with Gasteiger partial charge in [-0.25, -0.2) is 9.97 Å². The molecule has 0 spiro atoms. The first-order chi connectivity index (χ1) is 12.9. The van der Waals surface area contributed by atoms with Crippen LogP contribution in [0.1, 0.15) is 47.1 Å². The fourth-order valence-electron chi connectivity index (χ4n) is 2.74. The average Bonchev–Trinajstić information content (AvgIpc) is 2.61. The highest BCUT2D eigenvalue weighted by Crippen LogP contribution is 2.19. The van der Waals surface area contributed by atoms with Crippen molar-refractivity contribution >= 4 is 23.2 Å². The van der Waals surface area contributed by atoms with E-state index in [1.807, 2.05) is 62.4 Å². The number of aromatic nitrogens is 2. The maximum atomic E-state index is 12.6. The van der Waals surface area contributed by atoms with Crippen molar-refractivity contribution in [2.24, 2.45) is 0 Å². The van der Waals surface area contributed by atoms with Gasteiger partial charge in [0.05, 0.1) is 0 Å². The molecule has 2 aromatic carbocycles. The first-order valence-corrected chi connectivity index (χ1v) is 9.01. The van der Waals surface area contributed by atoms with Crippen LogP contribution in [-0.4, -0.2) is 15.9 Å². The highest BCUT2D eigenvalue weighted by molar-refractivity contribution is 6.03. The van der Waals surface area contributed by atoms with Crippen molar-refractivity contribution in [3.63, 3.8) is 0 Å². The van der Waals surface area contributed by atoms with Gasteiger partial charge in [-0.15, -0.1) is 0 Å². The van der Waals surface area contributed by atoms with Gasteiger partial charge >= 0.3 is 0 Å². The highest BCUT2D eigenvalue weighted by atomic mass is 16.1. The lowest BCUT2D eigenvalue weighted by atomic mass is 10.0. The van der Waals surface area contributed by atoms with E-state index in [1.165, 1.54) is 5.56 Å². The maximum absolute atomic E-state index is 12.6. The van der Waals surface area contributed by atoms with Gasteiger partial charge in [0.15, 0.2) is 0 Å². The summed E-state index contributed by atoms with van der Waals surface area (Å²) in [5, 5.41) is 6.06. The molecule has 0 radical (unpaired) electrons. The van der Waals surface area contributed by atoms with Crippen molar-refractivity contribution in [1.29, 1.82) is 0 Å². The lowest BCUT2D eigenvalue weighted by Crippen LogP contribution is -2.15. The average molecular weight is 360 g/mol. The molecular formula is C22H24N4O. The lowest BCUT2D eigenvalue weighted by molar-refractivity contribution is 0.102. The molecule has 2 N–H and O–H groups in total. The Morgan fingerprint density at radius 3 is 2.33 bits per heavy atom. The van der Waals surface area contributed by atoms with Gasteiger partial charge < -0.3 is 10.6 Å². The topological polar surface area (TPSA) is 66.9 Å². The normalized spacial score (nSPS) is 10.7. The largest absolute Gasteiger partial charge is 0.324 e. The molecule has 27 heavy (non-hydrogen) atoms. The number of benzene rings is 2. The molecule has 3 rings (SSSR count). The molecule has 0 saturated heterocycles. The van der Waals surface area contributed by atoms with Crippen molar-refractivity contribution in [2.45, 2.75) is 33.6 Å². The molecule has 3 aromatic rings. The Balaban J connectivity index is 1.77. The van der Waals surface area contributed by atoms with Gasteiger partial charge in [-0.05, 0) is 61.2 Å². The smallest absolute Gasteiger partial charge is 0.274 e. The molecule has 0 aliphatic heterocycles. The number of rotatable bonds is 5. The molecule has 0 bridgehead atoms. The third-order valence-corrected chi connectivity index (χ3v) is 4.20. The Morgan fingerprint density at radius 1 is 0.926 bits per heavy atom. The van der Waals surface area contributed by atoms with E-state index >= 15 is 0 Å². The zero-order valence-corrected chi connectivity index (χ0v) is 16.1. The first-order valence-electron chi connectivity index (χ1n) is 9.01. The van der Waals surface area contributed by atoms with Gasteiger partial charge in [0, 0.05) is 17.1 Å². The minimum absolute atomic E-state index is 0.259. The van der Waals surface area contributed by atoms with Crippen molar-refractivity contribution in [2.75, 3.05) is 10.6 Å². The predicted molar refractivity (Wildman–Crippen MR) is 110 cm³/mol. The van der Waals surface area contributed by atoms with Crippen LogP contribution in [0.4, 0.5) is 17.3 Å². The minimum atomic E-state index is -0.259. The summed E-state index contributed by atoms with van der Waals surface area (Å²) in [6, 6.07) is 17.5. The number of carbonyl (C=O) groups excluding carboxylic acids is 1. The Bertz CT molecular complexity index is 949. The van der Waals surface area contributed by atoms with Crippen LogP contribution in [0.3, 0.4) is 0 Å². The Kier molecular flexibility index (Phi) is 5.50. The predicted octanol–water partition coefficient (Wildman–Crippen LogP) is 5.21. The summed E-state index contributed by atoms with van der Waals surface area (Å²) in [5.41, 5.74) is 5.04. The van der Waals surface area contributed by atoms with E-state index < -0.39 is 0 Å². The standard InChI is InChI=1S/C22H24N4O/c1-14(2)17-8-10-18(11-9-17)24-21(27)20-13-16(4)23-22(26-20)25-19-7-5-6-15(3)12-19/h5-14H,1-4H3,(H,24,27)(H,23,25,26). The molecule has 0 fully saturated rings. The summed E-state index contributed by atoms with van der Waals surface area (Å²) in [6.07, 6.45) is 0. The van der Waals surface area contributed by atoms with Crippen LogP contribution in [0.25, 0.3) is 0 Å². The maximum Gasteiger partial charge on any atom is 0.274 e. The fourth-order valence-corrected chi connectivity index (χ4v) is 2.74. The summed E-state index contributed by atoms with van der Waals surface area (Å²) in [5.74, 6) is 0.598. The van der Waals surface area contributed by atoms with Crippen LogP contribution in [-0.2, 0) is 0 Å². The molecule has 0 aliphatic rings. The van der Waals surface area contributed by atoms with E-state index in [0.29, 0.717) is 17.6 Å². The van der Waals surface area contributed by atoms with Crippen LogP contribution in [0.2, 0.25) is 0 Å². The Morgan fingerprint density at radius 2 is 1.67 bits per heavy atom. The van der Waals surface area contributed by atoms with Gasteiger partial charge in [0.25, 0.3) is 5.91 Å². The van der Waals surface area contributed by atoms with Gasteiger partial charge in [0.1, 0.15) is 5.69 Å². The molecule has 0 aliphatic carbocycles. The van der Waals surface area contributed by atoms with Crippen LogP contribution in [0.5, 0.6) is 0 Å². The second kappa shape index (κ2) is 7.99. The van der Waals surface area contributed by atoms with Crippen LogP contribution >= 0.6 is 0 Å². The minimum Gasteiger partial charge on any atom is -0.324 e. The van der Waals surface area contributed by atoms with E-state index in [0.717, 1.165) is 22.6 Å². The molecule has 0 unspecified atom stereocenters. The molecule has 0 atom stereocenters. The first kappa shape index (κ1) is 18.6. The van der Waals surface area contributed by atoms with E-state index in [2.05, 4.69) is 34.4 Å². The summed E-state index contributed by atoms with van der Waals surface area (Å²) in [6.45, 7) is 8.14. The molecule has 1 heterocycles. The number of amides is 1. The van der Waals surface area contributed by atoms with Gasteiger partial charge in [-0.3, -0.25) is 4.79 Å². The van der Waals surface area contributed by atoms with Gasteiger partial charge in [-0.2, -0.15) is 0 Å².